The zero-order chi connectivity index (χ0) is 12.9. The van der Waals surface area contributed by atoms with E-state index in [0.717, 1.165) is 15.4 Å². The predicted octanol–water partition coefficient (Wildman–Crippen LogP) is 0.302. The zero-order valence-electron chi connectivity index (χ0n) is 9.06. The molecule has 0 atom stereocenters. The average molecular weight is 257 g/mol. The van der Waals surface area contributed by atoms with E-state index in [2.05, 4.69) is 0 Å². The van der Waals surface area contributed by atoms with E-state index in [0.29, 0.717) is 0 Å². The van der Waals surface area contributed by atoms with Crippen molar-refractivity contribution in [3.8, 4) is 11.5 Å². The van der Waals surface area contributed by atoms with Crippen LogP contribution < -0.4 is 11.1 Å². The Morgan fingerprint density at radius 2 is 1.65 bits per heavy atom. The Hall–Kier alpha value is -1.95. The number of benzene rings is 1. The minimum Gasteiger partial charge on any atom is -0.504 e. The maximum Gasteiger partial charge on any atom is 0.274 e. The Bertz CT molecular complexity index is 745. The lowest BCUT2D eigenvalue weighted by atomic mass is 10.1. The van der Waals surface area contributed by atoms with Gasteiger partial charge < -0.3 is 10.2 Å². The summed E-state index contributed by atoms with van der Waals surface area (Å²) < 4.78 is 2.17. The Morgan fingerprint density at radius 3 is 2.24 bits per heavy atom. The van der Waals surface area contributed by atoms with Gasteiger partial charge in [-0.2, -0.15) is 0 Å². The lowest BCUT2D eigenvalue weighted by molar-refractivity contribution is 0.404. The second kappa shape index (κ2) is 3.53. The fraction of sp³-hybridized carbons (Fsp3) is 0.200. The summed E-state index contributed by atoms with van der Waals surface area (Å²) in [7, 11) is 2.82. The van der Waals surface area contributed by atoms with Gasteiger partial charge in [-0.05, 0) is 6.07 Å². The number of rotatable bonds is 0. The molecule has 2 N–H and O–H groups in total. The molecule has 2 rings (SSSR count). The van der Waals surface area contributed by atoms with Crippen LogP contribution in [-0.2, 0) is 14.1 Å². The Kier molecular flexibility index (Phi) is 2.39. The molecule has 0 aliphatic heterocycles. The van der Waals surface area contributed by atoms with Gasteiger partial charge in [0.05, 0.1) is 15.8 Å². The molecule has 0 saturated heterocycles. The standard InChI is InChI=1S/C10H9ClN2O4/c1-12-9(16)4-3-5(14)8(15)7(11)6(4)10(17)13(12)2/h3,14-15H,1-2H3. The highest BCUT2D eigenvalue weighted by atomic mass is 35.5. The first-order valence-electron chi connectivity index (χ1n) is 4.66. The Labute approximate surface area is 99.9 Å². The van der Waals surface area contributed by atoms with E-state index in [1.165, 1.54) is 14.1 Å². The van der Waals surface area contributed by atoms with Gasteiger partial charge in [-0.25, -0.2) is 0 Å². The molecule has 0 saturated carbocycles. The quantitative estimate of drug-likeness (QED) is 0.664. The number of aromatic hydroxyl groups is 2. The van der Waals surface area contributed by atoms with E-state index in [1.54, 1.807) is 0 Å². The number of phenols is 2. The highest BCUT2D eigenvalue weighted by Crippen LogP contribution is 2.36. The molecule has 0 amide bonds. The van der Waals surface area contributed by atoms with Crippen LogP contribution >= 0.6 is 11.6 Å². The smallest absolute Gasteiger partial charge is 0.274 e. The second-order valence-electron chi connectivity index (χ2n) is 3.64. The average Bonchev–Trinajstić information content (AvgIpc) is 2.30. The summed E-state index contributed by atoms with van der Waals surface area (Å²) in [5.74, 6) is -1.14. The molecule has 0 bridgehead atoms. The van der Waals surface area contributed by atoms with Crippen molar-refractivity contribution in [2.75, 3.05) is 0 Å². The minimum atomic E-state index is -0.607. The molecular formula is C10H9ClN2O4. The maximum atomic E-state index is 11.9. The van der Waals surface area contributed by atoms with Crippen LogP contribution in [0.2, 0.25) is 5.02 Å². The van der Waals surface area contributed by atoms with Gasteiger partial charge in [0.15, 0.2) is 11.5 Å². The number of nitrogens with zero attached hydrogens (tertiary/aromatic N) is 2. The highest BCUT2D eigenvalue weighted by molar-refractivity contribution is 6.37. The van der Waals surface area contributed by atoms with Gasteiger partial charge >= 0.3 is 0 Å². The molecule has 2 aromatic rings. The van der Waals surface area contributed by atoms with Gasteiger partial charge in [0.25, 0.3) is 11.1 Å². The number of hydrogen-bond acceptors (Lipinski definition) is 4. The predicted molar refractivity (Wildman–Crippen MR) is 62.8 cm³/mol. The molecule has 7 heteroatoms. The number of aromatic nitrogens is 2. The van der Waals surface area contributed by atoms with Crippen molar-refractivity contribution in [2.45, 2.75) is 0 Å². The molecule has 17 heavy (non-hydrogen) atoms. The lowest BCUT2D eigenvalue weighted by Gasteiger charge is -2.10. The molecule has 0 spiro atoms. The maximum absolute atomic E-state index is 11.9. The zero-order valence-corrected chi connectivity index (χ0v) is 9.82. The van der Waals surface area contributed by atoms with Crippen LogP contribution in [0.1, 0.15) is 0 Å². The van der Waals surface area contributed by atoms with Gasteiger partial charge in [-0.15, -0.1) is 0 Å². The number of hydrogen-bond donors (Lipinski definition) is 2. The summed E-state index contributed by atoms with van der Waals surface area (Å²) in [6.07, 6.45) is 0. The first-order valence-corrected chi connectivity index (χ1v) is 5.04. The van der Waals surface area contributed by atoms with Crippen LogP contribution in [0.4, 0.5) is 0 Å². The summed E-state index contributed by atoms with van der Waals surface area (Å²) in [5.41, 5.74) is -1.01. The molecule has 1 heterocycles. The van der Waals surface area contributed by atoms with Gasteiger partial charge in [0, 0.05) is 14.1 Å². The Balaban J connectivity index is 3.25. The van der Waals surface area contributed by atoms with E-state index in [-0.39, 0.29) is 15.8 Å². The first kappa shape index (κ1) is 11.5. The van der Waals surface area contributed by atoms with Crippen molar-refractivity contribution in [1.29, 1.82) is 0 Å². The Morgan fingerprint density at radius 1 is 1.12 bits per heavy atom. The summed E-state index contributed by atoms with van der Waals surface area (Å²) in [4.78, 5) is 23.8. The molecular weight excluding hydrogens is 248 g/mol. The van der Waals surface area contributed by atoms with Gasteiger partial charge in [0.2, 0.25) is 0 Å². The second-order valence-corrected chi connectivity index (χ2v) is 4.02. The van der Waals surface area contributed by atoms with Crippen LogP contribution in [0.3, 0.4) is 0 Å². The molecule has 6 nitrogen and oxygen atoms in total. The fourth-order valence-corrected chi connectivity index (χ4v) is 1.89. The SMILES string of the molecule is Cn1c(=O)c2cc(O)c(O)c(Cl)c2c(=O)n1C. The molecule has 0 unspecified atom stereocenters. The van der Waals surface area contributed by atoms with Gasteiger partial charge in [-0.3, -0.25) is 19.0 Å². The molecule has 0 radical (unpaired) electrons. The summed E-state index contributed by atoms with van der Waals surface area (Å²) >= 11 is 5.76. The van der Waals surface area contributed by atoms with E-state index in [4.69, 9.17) is 11.6 Å². The summed E-state index contributed by atoms with van der Waals surface area (Å²) in [6.45, 7) is 0. The van der Waals surface area contributed by atoms with E-state index >= 15 is 0 Å². The summed E-state index contributed by atoms with van der Waals surface area (Å²) in [6, 6.07) is 1.03. The van der Waals surface area contributed by atoms with Crippen molar-refractivity contribution in [1.82, 2.24) is 9.36 Å². The topological polar surface area (TPSA) is 84.5 Å². The molecule has 0 aliphatic carbocycles. The fourth-order valence-electron chi connectivity index (χ4n) is 1.61. The normalized spacial score (nSPS) is 11.0. The number of fused-ring (bicyclic) bond motifs is 1. The lowest BCUT2D eigenvalue weighted by Crippen LogP contribution is -2.35. The van der Waals surface area contributed by atoms with Crippen LogP contribution in [0.25, 0.3) is 10.8 Å². The molecule has 0 fully saturated rings. The third kappa shape index (κ3) is 1.41. The van der Waals surface area contributed by atoms with Crippen LogP contribution in [0.15, 0.2) is 15.7 Å². The van der Waals surface area contributed by atoms with Crippen LogP contribution in [-0.4, -0.2) is 19.6 Å². The third-order valence-corrected chi connectivity index (χ3v) is 3.07. The monoisotopic (exact) mass is 256 g/mol. The summed E-state index contributed by atoms with van der Waals surface area (Å²) in [5, 5.41) is 18.4. The molecule has 0 aliphatic rings. The van der Waals surface area contributed by atoms with Crippen molar-refractivity contribution < 1.29 is 10.2 Å². The van der Waals surface area contributed by atoms with E-state index < -0.39 is 22.6 Å². The van der Waals surface area contributed by atoms with Crippen molar-refractivity contribution in [2.24, 2.45) is 14.1 Å². The van der Waals surface area contributed by atoms with Crippen LogP contribution in [0, 0.1) is 0 Å². The van der Waals surface area contributed by atoms with Gasteiger partial charge in [-0.1, -0.05) is 11.6 Å². The molecule has 1 aromatic carbocycles. The van der Waals surface area contributed by atoms with E-state index in [9.17, 15) is 19.8 Å². The van der Waals surface area contributed by atoms with Crippen LogP contribution in [0.5, 0.6) is 11.5 Å². The third-order valence-electron chi connectivity index (χ3n) is 2.70. The largest absolute Gasteiger partial charge is 0.504 e. The molecule has 1 aromatic heterocycles. The first-order chi connectivity index (χ1) is 7.86. The minimum absolute atomic E-state index is 0.0316. The van der Waals surface area contributed by atoms with Gasteiger partial charge in [0.1, 0.15) is 0 Å². The number of phenolic OH excluding ortho intramolecular Hbond substituents is 2. The highest BCUT2D eigenvalue weighted by Gasteiger charge is 2.17. The van der Waals surface area contributed by atoms with E-state index in [1.807, 2.05) is 0 Å². The van der Waals surface area contributed by atoms with Crippen molar-refractivity contribution in [3.63, 3.8) is 0 Å². The molecule has 90 valence electrons. The van der Waals surface area contributed by atoms with Crippen molar-refractivity contribution in [3.05, 3.63) is 31.8 Å². The number of halogens is 1. The van der Waals surface area contributed by atoms with Crippen molar-refractivity contribution >= 4 is 22.4 Å².